The topological polar surface area (TPSA) is 113 Å². The number of hydrogen-bond donors (Lipinski definition) is 3. The molecule has 0 unspecified atom stereocenters. The lowest BCUT2D eigenvalue weighted by Crippen LogP contribution is -2.58. The lowest BCUT2D eigenvalue weighted by Gasteiger charge is -2.26. The van der Waals surface area contributed by atoms with E-state index < -0.39 is 35.7 Å². The van der Waals surface area contributed by atoms with Crippen molar-refractivity contribution < 1.29 is 49.5 Å². The molecule has 0 aliphatic heterocycles. The molecule has 3 N–H and O–H groups in total. The van der Waals surface area contributed by atoms with Crippen LogP contribution < -0.4 is 16.3 Å². The van der Waals surface area contributed by atoms with Crippen molar-refractivity contribution in [2.24, 2.45) is 5.10 Å². The number of fused-ring (bicyclic) bond motifs is 1. The number of benzene rings is 1. The monoisotopic (exact) mass is 556 g/mol. The molecule has 1 aromatic heterocycles. The van der Waals surface area contributed by atoms with Crippen LogP contribution in [0, 0.1) is 6.92 Å². The standard InChI is InChI=1S/C21H16ClF7N4O4/c1-9-14-12(30-33-18(36)19(23,24)20(25,26)21(27,28)29)3-2-4-13(14)37-15(9)17(35)32-31-16(34)10-5-7-11(22)8-6-10/h5-8H,2-4H2,1H3,(H,31,34)(H,32,35)(H,33,36)/b30-12+. The molecule has 16 heteroatoms. The van der Waals surface area contributed by atoms with Crippen LogP contribution >= 0.6 is 11.6 Å². The average molecular weight is 557 g/mol. The van der Waals surface area contributed by atoms with Crippen LogP contribution in [0.25, 0.3) is 0 Å². The van der Waals surface area contributed by atoms with E-state index in [0.717, 1.165) is 5.43 Å². The molecule has 1 heterocycles. The second-order valence-corrected chi connectivity index (χ2v) is 8.21. The fourth-order valence-corrected chi connectivity index (χ4v) is 3.48. The van der Waals surface area contributed by atoms with Crippen molar-refractivity contribution in [3.8, 4) is 0 Å². The molecule has 8 nitrogen and oxygen atoms in total. The highest BCUT2D eigenvalue weighted by atomic mass is 35.5. The molecule has 0 spiro atoms. The van der Waals surface area contributed by atoms with E-state index in [1.165, 1.54) is 31.2 Å². The number of amides is 3. The summed E-state index contributed by atoms with van der Waals surface area (Å²) in [7, 11) is 0. The number of halogens is 8. The second kappa shape index (κ2) is 10.0. The SMILES string of the molecule is Cc1c(C(=O)NNC(=O)c2ccc(Cl)cc2)oc2c1/C(=N/NC(=O)C(F)(F)C(F)(F)C(F)(F)F)CCC2. The van der Waals surface area contributed by atoms with Crippen molar-refractivity contribution in [3.63, 3.8) is 0 Å². The third-order valence-corrected chi connectivity index (χ3v) is 5.51. The van der Waals surface area contributed by atoms with Crippen molar-refractivity contribution in [1.82, 2.24) is 16.3 Å². The first kappa shape index (κ1) is 28.0. The lowest BCUT2D eigenvalue weighted by atomic mass is 9.93. The highest BCUT2D eigenvalue weighted by Crippen LogP contribution is 2.46. The van der Waals surface area contributed by atoms with Crippen LogP contribution in [-0.2, 0) is 11.2 Å². The Balaban J connectivity index is 1.77. The maximum Gasteiger partial charge on any atom is 0.460 e. The molecule has 1 aliphatic carbocycles. The van der Waals surface area contributed by atoms with E-state index in [2.05, 4.69) is 16.0 Å². The normalized spacial score (nSPS) is 15.2. The summed E-state index contributed by atoms with van der Waals surface area (Å²) in [5.74, 6) is -17.6. The number of furan rings is 1. The van der Waals surface area contributed by atoms with Crippen molar-refractivity contribution in [2.45, 2.75) is 44.2 Å². The zero-order chi connectivity index (χ0) is 27.8. The zero-order valence-corrected chi connectivity index (χ0v) is 19.3. The Labute approximate surface area is 208 Å². The number of rotatable bonds is 5. The summed E-state index contributed by atoms with van der Waals surface area (Å²) in [5.41, 5.74) is 5.45. The number of hydrazone groups is 1. The molecule has 3 rings (SSSR count). The van der Waals surface area contributed by atoms with Crippen molar-refractivity contribution in [2.75, 3.05) is 0 Å². The van der Waals surface area contributed by atoms with Crippen molar-refractivity contribution in [1.29, 1.82) is 0 Å². The Hall–Kier alpha value is -3.62. The van der Waals surface area contributed by atoms with Gasteiger partial charge in [-0.2, -0.15) is 35.8 Å². The summed E-state index contributed by atoms with van der Waals surface area (Å²) in [4.78, 5) is 36.2. The summed E-state index contributed by atoms with van der Waals surface area (Å²) in [6.07, 6.45) is -6.21. The summed E-state index contributed by atoms with van der Waals surface area (Å²) >= 11 is 5.74. The largest absolute Gasteiger partial charge is 0.460 e. The minimum atomic E-state index is -6.69. The quantitative estimate of drug-likeness (QED) is 0.376. The Morgan fingerprint density at radius 1 is 0.946 bits per heavy atom. The van der Waals surface area contributed by atoms with Crippen LogP contribution in [-0.4, -0.2) is 41.5 Å². The summed E-state index contributed by atoms with van der Waals surface area (Å²) in [5, 5.41) is 3.68. The van der Waals surface area contributed by atoms with Gasteiger partial charge in [-0.15, -0.1) is 0 Å². The molecule has 2 aromatic rings. The number of aryl methyl sites for hydroxylation is 1. The summed E-state index contributed by atoms with van der Waals surface area (Å²) in [6.45, 7) is 1.35. The molecule has 200 valence electrons. The van der Waals surface area contributed by atoms with Crippen molar-refractivity contribution >= 4 is 35.0 Å². The van der Waals surface area contributed by atoms with Crippen LogP contribution in [0.3, 0.4) is 0 Å². The minimum absolute atomic E-state index is 0.0107. The number of carbonyl (C=O) groups is 3. The van der Waals surface area contributed by atoms with Crippen LogP contribution in [0.2, 0.25) is 5.02 Å². The van der Waals surface area contributed by atoms with E-state index in [-0.39, 0.29) is 53.2 Å². The maximum absolute atomic E-state index is 13.6. The van der Waals surface area contributed by atoms with Gasteiger partial charge in [-0.05, 0) is 44.0 Å². The van der Waals surface area contributed by atoms with Crippen LogP contribution in [0.5, 0.6) is 0 Å². The molecular formula is C21H16ClF7N4O4. The zero-order valence-electron chi connectivity index (χ0n) is 18.5. The summed E-state index contributed by atoms with van der Waals surface area (Å²) < 4.78 is 95.7. The first-order valence-corrected chi connectivity index (χ1v) is 10.6. The van der Waals surface area contributed by atoms with Crippen LogP contribution in [0.4, 0.5) is 30.7 Å². The fourth-order valence-electron chi connectivity index (χ4n) is 3.35. The highest BCUT2D eigenvalue weighted by Gasteiger charge is 2.76. The van der Waals surface area contributed by atoms with E-state index in [1.54, 1.807) is 0 Å². The van der Waals surface area contributed by atoms with Crippen LogP contribution in [0.15, 0.2) is 33.8 Å². The third-order valence-electron chi connectivity index (χ3n) is 5.26. The second-order valence-electron chi connectivity index (χ2n) is 7.77. The fraction of sp³-hybridized carbons (Fsp3) is 0.333. The molecule has 0 saturated heterocycles. The minimum Gasteiger partial charge on any atom is -0.455 e. The molecule has 1 aromatic carbocycles. The average Bonchev–Trinajstić information content (AvgIpc) is 3.17. The first-order valence-electron chi connectivity index (χ1n) is 10.3. The van der Waals surface area contributed by atoms with Gasteiger partial charge in [-0.3, -0.25) is 25.2 Å². The van der Waals surface area contributed by atoms with E-state index in [1.807, 2.05) is 0 Å². The number of carbonyl (C=O) groups excluding carboxylic acids is 3. The van der Waals surface area contributed by atoms with Gasteiger partial charge in [0.25, 0.3) is 5.91 Å². The molecule has 0 atom stereocenters. The van der Waals surface area contributed by atoms with Gasteiger partial charge >= 0.3 is 29.8 Å². The highest BCUT2D eigenvalue weighted by molar-refractivity contribution is 6.30. The third kappa shape index (κ3) is 5.40. The van der Waals surface area contributed by atoms with E-state index in [0.29, 0.717) is 5.02 Å². The molecule has 0 fully saturated rings. The van der Waals surface area contributed by atoms with Gasteiger partial charge in [0.05, 0.1) is 5.71 Å². The van der Waals surface area contributed by atoms with Crippen molar-refractivity contribution in [3.05, 3.63) is 57.5 Å². The van der Waals surface area contributed by atoms with Gasteiger partial charge in [-0.1, -0.05) is 11.6 Å². The van der Waals surface area contributed by atoms with Gasteiger partial charge < -0.3 is 4.42 Å². The van der Waals surface area contributed by atoms with Gasteiger partial charge in [0.1, 0.15) is 5.76 Å². The van der Waals surface area contributed by atoms with Gasteiger partial charge in [0, 0.05) is 28.1 Å². The molecule has 3 amide bonds. The Morgan fingerprint density at radius 3 is 2.14 bits per heavy atom. The maximum atomic E-state index is 13.6. The number of alkyl halides is 7. The predicted octanol–water partition coefficient (Wildman–Crippen LogP) is 4.31. The molecule has 37 heavy (non-hydrogen) atoms. The number of hydrogen-bond acceptors (Lipinski definition) is 5. The smallest absolute Gasteiger partial charge is 0.455 e. The van der Waals surface area contributed by atoms with Gasteiger partial charge in [-0.25, -0.2) is 5.43 Å². The molecule has 0 bridgehead atoms. The van der Waals surface area contributed by atoms with E-state index in [9.17, 15) is 45.1 Å². The van der Waals surface area contributed by atoms with Crippen LogP contribution in [0.1, 0.15) is 50.6 Å². The van der Waals surface area contributed by atoms with Gasteiger partial charge in [0.15, 0.2) is 5.76 Å². The Kier molecular flexibility index (Phi) is 7.58. The predicted molar refractivity (Wildman–Crippen MR) is 113 cm³/mol. The number of hydrazine groups is 1. The molecule has 0 radical (unpaired) electrons. The molecular weight excluding hydrogens is 541 g/mol. The van der Waals surface area contributed by atoms with E-state index in [4.69, 9.17) is 16.0 Å². The Morgan fingerprint density at radius 2 is 1.54 bits per heavy atom. The number of nitrogens with one attached hydrogen (secondary N) is 3. The lowest BCUT2D eigenvalue weighted by molar-refractivity contribution is -0.344. The molecule has 0 saturated carbocycles. The Bertz CT molecular complexity index is 1260. The first-order chi connectivity index (χ1) is 17.1. The summed E-state index contributed by atoms with van der Waals surface area (Å²) in [6, 6.07) is 5.68. The van der Waals surface area contributed by atoms with E-state index >= 15 is 0 Å². The van der Waals surface area contributed by atoms with Gasteiger partial charge in [0.2, 0.25) is 0 Å². The molecule has 1 aliphatic rings. The number of nitrogens with zero attached hydrogens (tertiary/aromatic N) is 1.